The molecule has 0 bridgehead atoms. The van der Waals surface area contributed by atoms with Crippen LogP contribution in [0.1, 0.15) is 4.88 Å². The molecule has 0 fully saturated rings. The predicted molar refractivity (Wildman–Crippen MR) is 69.8 cm³/mol. The monoisotopic (exact) mass is 268 g/mol. The van der Waals surface area contributed by atoms with E-state index < -0.39 is 5.82 Å². The van der Waals surface area contributed by atoms with Crippen molar-refractivity contribution in [2.75, 3.05) is 20.0 Å². The van der Waals surface area contributed by atoms with E-state index in [0.717, 1.165) is 4.88 Å². The Morgan fingerprint density at radius 3 is 2.33 bits per heavy atom. The molecule has 0 saturated heterocycles. The van der Waals surface area contributed by atoms with Gasteiger partial charge >= 0.3 is 0 Å². The van der Waals surface area contributed by atoms with Crippen LogP contribution in [0.2, 0.25) is 0 Å². The summed E-state index contributed by atoms with van der Waals surface area (Å²) in [6.07, 6.45) is 0. The minimum absolute atomic E-state index is 0.347. The van der Waals surface area contributed by atoms with E-state index in [1.807, 2.05) is 6.92 Å². The Bertz CT molecular complexity index is 584. The Morgan fingerprint density at radius 1 is 1.22 bits per heavy atom. The summed E-state index contributed by atoms with van der Waals surface area (Å²) in [4.78, 5) is 4.99. The number of thiazole rings is 1. The van der Waals surface area contributed by atoms with Crippen molar-refractivity contribution >= 4 is 16.5 Å². The zero-order chi connectivity index (χ0) is 13.3. The Labute approximate surface area is 108 Å². The number of aromatic nitrogens is 1. The molecule has 0 amide bonds. The molecule has 0 aliphatic heterocycles. The molecular weight excluding hydrogens is 255 g/mol. The standard InChI is InChI=1S/C12H13FN2O2S/c1-6-11(15-12(14)18-6)7-4-9(16-2)10(17-3)5-8(7)13/h4-5H,1-3H3,(H2,14,15). The van der Waals surface area contributed by atoms with Gasteiger partial charge in [-0.25, -0.2) is 9.37 Å². The van der Waals surface area contributed by atoms with Crippen LogP contribution in [-0.2, 0) is 0 Å². The van der Waals surface area contributed by atoms with Crippen LogP contribution in [0, 0.1) is 12.7 Å². The van der Waals surface area contributed by atoms with Crippen LogP contribution < -0.4 is 15.2 Å². The van der Waals surface area contributed by atoms with Gasteiger partial charge in [0.2, 0.25) is 0 Å². The number of methoxy groups -OCH3 is 2. The number of nitrogens with zero attached hydrogens (tertiary/aromatic N) is 1. The van der Waals surface area contributed by atoms with Gasteiger partial charge in [-0.2, -0.15) is 0 Å². The highest BCUT2D eigenvalue weighted by Crippen LogP contribution is 2.37. The lowest BCUT2D eigenvalue weighted by molar-refractivity contribution is 0.352. The molecule has 2 N–H and O–H groups in total. The SMILES string of the molecule is COc1cc(F)c(-c2nc(N)sc2C)cc1OC. The molecule has 1 aromatic carbocycles. The predicted octanol–water partition coefficient (Wildman–Crippen LogP) is 2.86. The summed E-state index contributed by atoms with van der Waals surface area (Å²) in [5, 5.41) is 0.414. The second-order valence-electron chi connectivity index (χ2n) is 3.64. The van der Waals surface area contributed by atoms with Crippen molar-refractivity contribution in [1.29, 1.82) is 0 Å². The summed E-state index contributed by atoms with van der Waals surface area (Å²) in [6, 6.07) is 2.85. The van der Waals surface area contributed by atoms with Gasteiger partial charge in [-0.3, -0.25) is 0 Å². The Morgan fingerprint density at radius 2 is 1.83 bits per heavy atom. The van der Waals surface area contributed by atoms with E-state index in [1.165, 1.54) is 31.6 Å². The van der Waals surface area contributed by atoms with E-state index in [-0.39, 0.29) is 0 Å². The minimum Gasteiger partial charge on any atom is -0.493 e. The van der Waals surface area contributed by atoms with E-state index in [9.17, 15) is 4.39 Å². The molecule has 0 radical (unpaired) electrons. The topological polar surface area (TPSA) is 57.4 Å². The fourth-order valence-corrected chi connectivity index (χ4v) is 2.41. The van der Waals surface area contributed by atoms with Gasteiger partial charge in [0.1, 0.15) is 5.82 Å². The third kappa shape index (κ3) is 2.11. The first kappa shape index (κ1) is 12.6. The van der Waals surface area contributed by atoms with E-state index in [4.69, 9.17) is 15.2 Å². The molecule has 0 aliphatic carbocycles. The van der Waals surface area contributed by atoms with Gasteiger partial charge in [0.05, 0.1) is 19.9 Å². The largest absolute Gasteiger partial charge is 0.493 e. The third-order valence-electron chi connectivity index (χ3n) is 2.54. The summed E-state index contributed by atoms with van der Waals surface area (Å²) in [7, 11) is 2.96. The Balaban J connectivity index is 2.61. The quantitative estimate of drug-likeness (QED) is 0.930. The average molecular weight is 268 g/mol. The smallest absolute Gasteiger partial charge is 0.180 e. The van der Waals surface area contributed by atoms with Gasteiger partial charge in [0.25, 0.3) is 0 Å². The fraction of sp³-hybridized carbons (Fsp3) is 0.250. The summed E-state index contributed by atoms with van der Waals surface area (Å²) in [6.45, 7) is 1.85. The van der Waals surface area contributed by atoms with Crippen molar-refractivity contribution in [3.63, 3.8) is 0 Å². The number of halogens is 1. The summed E-state index contributed by atoms with van der Waals surface area (Å²) in [5.41, 5.74) is 6.52. The maximum absolute atomic E-state index is 14.0. The molecule has 1 aromatic heterocycles. The lowest BCUT2D eigenvalue weighted by atomic mass is 10.1. The van der Waals surface area contributed by atoms with Crippen molar-refractivity contribution in [2.24, 2.45) is 0 Å². The van der Waals surface area contributed by atoms with Crippen molar-refractivity contribution in [3.05, 3.63) is 22.8 Å². The molecule has 4 nitrogen and oxygen atoms in total. The molecule has 1 heterocycles. The van der Waals surface area contributed by atoms with Crippen LogP contribution >= 0.6 is 11.3 Å². The molecule has 2 rings (SSSR count). The Kier molecular flexibility index (Phi) is 3.38. The molecule has 0 aliphatic rings. The molecule has 96 valence electrons. The molecular formula is C12H13FN2O2S. The molecule has 0 atom stereocenters. The number of hydrogen-bond acceptors (Lipinski definition) is 5. The number of aryl methyl sites for hydroxylation is 1. The van der Waals surface area contributed by atoms with Crippen molar-refractivity contribution < 1.29 is 13.9 Å². The molecule has 18 heavy (non-hydrogen) atoms. The molecule has 0 spiro atoms. The summed E-state index contributed by atoms with van der Waals surface area (Å²) >= 11 is 1.32. The van der Waals surface area contributed by atoms with Gasteiger partial charge < -0.3 is 15.2 Å². The van der Waals surface area contributed by atoms with Crippen molar-refractivity contribution in [2.45, 2.75) is 6.92 Å². The summed E-state index contributed by atoms with van der Waals surface area (Å²) in [5.74, 6) is 0.389. The number of rotatable bonds is 3. The van der Waals surface area contributed by atoms with Crippen LogP contribution in [0.15, 0.2) is 12.1 Å². The highest BCUT2D eigenvalue weighted by Gasteiger charge is 2.17. The Hall–Kier alpha value is -1.82. The highest BCUT2D eigenvalue weighted by atomic mass is 32.1. The first-order valence-electron chi connectivity index (χ1n) is 5.21. The van der Waals surface area contributed by atoms with Gasteiger partial charge in [-0.1, -0.05) is 0 Å². The lowest BCUT2D eigenvalue weighted by Gasteiger charge is -2.10. The zero-order valence-corrected chi connectivity index (χ0v) is 11.1. The number of benzene rings is 1. The lowest BCUT2D eigenvalue weighted by Crippen LogP contribution is -1.95. The number of anilines is 1. The van der Waals surface area contributed by atoms with Crippen molar-refractivity contribution in [1.82, 2.24) is 4.98 Å². The minimum atomic E-state index is -0.416. The van der Waals surface area contributed by atoms with E-state index in [2.05, 4.69) is 4.98 Å². The van der Waals surface area contributed by atoms with Crippen LogP contribution in [0.4, 0.5) is 9.52 Å². The normalized spacial score (nSPS) is 10.4. The van der Waals surface area contributed by atoms with E-state index in [1.54, 1.807) is 6.07 Å². The maximum Gasteiger partial charge on any atom is 0.180 e. The van der Waals surface area contributed by atoms with Crippen molar-refractivity contribution in [3.8, 4) is 22.8 Å². The summed E-state index contributed by atoms with van der Waals surface area (Å²) < 4.78 is 24.2. The fourth-order valence-electron chi connectivity index (χ4n) is 1.70. The molecule has 6 heteroatoms. The number of nitrogen functional groups attached to an aromatic ring is 1. The highest BCUT2D eigenvalue weighted by molar-refractivity contribution is 7.15. The van der Waals surface area contributed by atoms with E-state index in [0.29, 0.717) is 27.9 Å². The molecule has 0 saturated carbocycles. The van der Waals surface area contributed by atoms with Crippen LogP contribution in [0.3, 0.4) is 0 Å². The van der Waals surface area contributed by atoms with Crippen LogP contribution in [0.5, 0.6) is 11.5 Å². The van der Waals surface area contributed by atoms with Gasteiger partial charge in [-0.05, 0) is 13.0 Å². The third-order valence-corrected chi connectivity index (χ3v) is 3.34. The van der Waals surface area contributed by atoms with Crippen LogP contribution in [0.25, 0.3) is 11.3 Å². The first-order valence-corrected chi connectivity index (χ1v) is 6.03. The van der Waals surface area contributed by atoms with E-state index >= 15 is 0 Å². The van der Waals surface area contributed by atoms with Gasteiger partial charge in [-0.15, -0.1) is 11.3 Å². The molecule has 0 unspecified atom stereocenters. The number of ether oxygens (including phenoxy) is 2. The maximum atomic E-state index is 14.0. The second kappa shape index (κ2) is 4.81. The first-order chi connectivity index (χ1) is 8.56. The number of hydrogen-bond donors (Lipinski definition) is 1. The van der Waals surface area contributed by atoms with Gasteiger partial charge in [0, 0.05) is 16.5 Å². The number of nitrogens with two attached hydrogens (primary N) is 1. The van der Waals surface area contributed by atoms with Crippen LogP contribution in [-0.4, -0.2) is 19.2 Å². The molecule has 2 aromatic rings. The second-order valence-corrected chi connectivity index (χ2v) is 4.88. The zero-order valence-electron chi connectivity index (χ0n) is 10.3. The van der Waals surface area contributed by atoms with Gasteiger partial charge in [0.15, 0.2) is 16.6 Å². The average Bonchev–Trinajstić information content (AvgIpc) is 2.68.